The number of Topliss-reactive ketones (excluding diaryl/α,β-unsaturated/α-hetero) is 2. The summed E-state index contributed by atoms with van der Waals surface area (Å²) in [7, 11) is 1.61. The number of rotatable bonds is 16. The van der Waals surface area contributed by atoms with Crippen LogP contribution in [0.2, 0.25) is 0 Å². The SMILES string of the molecule is C#C.C/C=C\C=C(/C)CCC(CC(=O)C(C)C)NCO.C=C(NCCC(=O)C(C)C)C(C)(C)SC.COI.Cc1ccccc1F. The highest BCUT2D eigenvalue weighted by atomic mass is 127. The molecular formula is C37H62FIN2O4S. The van der Waals surface area contributed by atoms with E-state index in [4.69, 9.17) is 5.11 Å². The average Bonchev–Trinajstić information content (AvgIpc) is 3.02. The number of hydrogen-bond acceptors (Lipinski definition) is 7. The van der Waals surface area contributed by atoms with Gasteiger partial charge in [0.2, 0.25) is 0 Å². The smallest absolute Gasteiger partial charge is 0.137 e. The van der Waals surface area contributed by atoms with Crippen LogP contribution < -0.4 is 10.6 Å². The minimum Gasteiger partial charge on any atom is -0.387 e. The lowest BCUT2D eigenvalue weighted by atomic mass is 9.97. The number of carbonyl (C=O) groups is 2. The van der Waals surface area contributed by atoms with Crippen LogP contribution in [-0.2, 0) is 12.7 Å². The third-order valence-electron chi connectivity index (χ3n) is 6.60. The molecule has 1 aromatic carbocycles. The minimum atomic E-state index is -0.132. The maximum absolute atomic E-state index is 12.3. The quantitative estimate of drug-likeness (QED) is 0.0669. The Morgan fingerprint density at radius 2 is 1.65 bits per heavy atom. The molecule has 0 saturated heterocycles. The molecule has 1 unspecified atom stereocenters. The van der Waals surface area contributed by atoms with E-state index < -0.39 is 0 Å². The van der Waals surface area contributed by atoms with Gasteiger partial charge in [-0.3, -0.25) is 14.9 Å². The van der Waals surface area contributed by atoms with E-state index in [1.165, 1.54) is 11.6 Å². The van der Waals surface area contributed by atoms with Gasteiger partial charge in [0.1, 0.15) is 40.4 Å². The number of aliphatic hydroxyl groups is 1. The third-order valence-corrected chi connectivity index (χ3v) is 7.87. The van der Waals surface area contributed by atoms with Crippen LogP contribution in [0.1, 0.15) is 86.6 Å². The number of benzene rings is 1. The molecule has 1 atom stereocenters. The second-order valence-electron chi connectivity index (χ2n) is 11.4. The minimum absolute atomic E-state index is 0.0286. The zero-order valence-corrected chi connectivity index (χ0v) is 33.2. The number of carbonyl (C=O) groups excluding carboxylic acids is 2. The number of halogens is 2. The third kappa shape index (κ3) is 30.7. The Morgan fingerprint density at radius 1 is 1.13 bits per heavy atom. The molecule has 0 spiro atoms. The number of aliphatic hydroxyl groups excluding tert-OH is 1. The molecule has 0 amide bonds. The van der Waals surface area contributed by atoms with Crippen LogP contribution in [0, 0.1) is 37.4 Å². The molecule has 0 aliphatic rings. The van der Waals surface area contributed by atoms with E-state index in [1.54, 1.807) is 60.9 Å². The number of hydrogen-bond donors (Lipinski definition) is 3. The highest BCUT2D eigenvalue weighted by Gasteiger charge is 2.20. The highest BCUT2D eigenvalue weighted by Crippen LogP contribution is 2.27. The number of terminal acetylenes is 1. The van der Waals surface area contributed by atoms with E-state index in [0.29, 0.717) is 30.7 Å². The highest BCUT2D eigenvalue weighted by molar-refractivity contribution is 14.1. The second-order valence-corrected chi connectivity index (χ2v) is 13.7. The first kappa shape index (κ1) is 50.9. The summed E-state index contributed by atoms with van der Waals surface area (Å²) in [5, 5.41) is 15.1. The Bertz CT molecular complexity index is 1000. The normalized spacial score (nSPS) is 11.5. The zero-order valence-electron chi connectivity index (χ0n) is 30.2. The van der Waals surface area contributed by atoms with Crippen LogP contribution in [0.15, 0.2) is 60.3 Å². The fraction of sp³-hybridized carbons (Fsp3) is 0.568. The van der Waals surface area contributed by atoms with Crippen LogP contribution >= 0.6 is 34.8 Å². The van der Waals surface area contributed by atoms with Gasteiger partial charge in [-0.15, -0.1) is 12.8 Å². The lowest BCUT2D eigenvalue weighted by molar-refractivity contribution is -0.123. The first-order valence-electron chi connectivity index (χ1n) is 15.4. The molecular weight excluding hydrogens is 714 g/mol. The summed E-state index contributed by atoms with van der Waals surface area (Å²) in [6, 6.07) is 6.77. The summed E-state index contributed by atoms with van der Waals surface area (Å²) < 4.78 is 16.6. The molecule has 3 N–H and O–H groups in total. The number of aryl methyl sites for hydroxylation is 1. The van der Waals surface area contributed by atoms with E-state index in [9.17, 15) is 14.0 Å². The van der Waals surface area contributed by atoms with Crippen molar-refractivity contribution < 1.29 is 22.2 Å². The van der Waals surface area contributed by atoms with Crippen molar-refractivity contribution in [2.24, 2.45) is 11.8 Å². The van der Waals surface area contributed by atoms with Gasteiger partial charge in [0.05, 0.1) is 6.73 Å². The molecule has 0 bridgehead atoms. The molecule has 0 radical (unpaired) electrons. The van der Waals surface area contributed by atoms with Crippen molar-refractivity contribution in [1.82, 2.24) is 10.6 Å². The summed E-state index contributed by atoms with van der Waals surface area (Å²) in [6.07, 6.45) is 19.0. The molecule has 0 fully saturated rings. The van der Waals surface area contributed by atoms with Crippen molar-refractivity contribution in [1.29, 1.82) is 0 Å². The van der Waals surface area contributed by atoms with Crippen molar-refractivity contribution >= 4 is 46.3 Å². The van der Waals surface area contributed by atoms with E-state index in [-0.39, 0.29) is 41.0 Å². The van der Waals surface area contributed by atoms with Gasteiger partial charge in [0.25, 0.3) is 0 Å². The molecule has 46 heavy (non-hydrogen) atoms. The van der Waals surface area contributed by atoms with Gasteiger partial charge in [-0.05, 0) is 65.3 Å². The van der Waals surface area contributed by atoms with E-state index >= 15 is 0 Å². The lowest BCUT2D eigenvalue weighted by Gasteiger charge is -2.26. The fourth-order valence-electron chi connectivity index (χ4n) is 3.14. The summed E-state index contributed by atoms with van der Waals surface area (Å²) in [5.74, 6) is 0.613. The predicted molar refractivity (Wildman–Crippen MR) is 208 cm³/mol. The van der Waals surface area contributed by atoms with E-state index in [2.05, 4.69) is 66.2 Å². The van der Waals surface area contributed by atoms with Gasteiger partial charge in [-0.25, -0.2) is 4.39 Å². The van der Waals surface area contributed by atoms with Gasteiger partial charge in [-0.2, -0.15) is 11.8 Å². The number of ketones is 2. The molecule has 1 aromatic rings. The predicted octanol–water partition coefficient (Wildman–Crippen LogP) is 9.03. The Labute approximate surface area is 299 Å². The van der Waals surface area contributed by atoms with E-state index in [1.807, 2.05) is 52.8 Å². The largest absolute Gasteiger partial charge is 0.387 e. The van der Waals surface area contributed by atoms with Gasteiger partial charge in [-0.1, -0.05) is 76.3 Å². The fourth-order valence-corrected chi connectivity index (χ4v) is 3.46. The summed E-state index contributed by atoms with van der Waals surface area (Å²) in [4.78, 5) is 23.1. The Morgan fingerprint density at radius 3 is 2.04 bits per heavy atom. The van der Waals surface area contributed by atoms with Gasteiger partial charge < -0.3 is 13.5 Å². The monoisotopic (exact) mass is 776 g/mol. The molecule has 0 aliphatic carbocycles. The van der Waals surface area contributed by atoms with Crippen LogP contribution in [-0.4, -0.2) is 54.1 Å². The Hall–Kier alpha value is -1.97. The molecule has 9 heteroatoms. The van der Waals surface area contributed by atoms with Crippen molar-refractivity contribution in [2.45, 2.75) is 98.8 Å². The second kappa shape index (κ2) is 33.0. The van der Waals surface area contributed by atoms with E-state index in [0.717, 1.165) is 18.5 Å². The van der Waals surface area contributed by atoms with Gasteiger partial charge in [0.15, 0.2) is 0 Å². The topological polar surface area (TPSA) is 87.7 Å². The van der Waals surface area contributed by atoms with Crippen LogP contribution in [0.5, 0.6) is 0 Å². The molecule has 1 rings (SSSR count). The Kier molecular flexibility index (Phi) is 36.4. The van der Waals surface area contributed by atoms with Crippen LogP contribution in [0.3, 0.4) is 0 Å². The average molecular weight is 777 g/mol. The van der Waals surface area contributed by atoms with Gasteiger partial charge in [0, 0.05) is 54.8 Å². The molecule has 0 saturated carbocycles. The Balaban J connectivity index is -0.000000281. The maximum atomic E-state index is 12.3. The summed E-state index contributed by atoms with van der Waals surface area (Å²) >= 11 is 3.54. The lowest BCUT2D eigenvalue weighted by Crippen LogP contribution is -2.33. The molecule has 264 valence electrons. The first-order chi connectivity index (χ1) is 21.5. The van der Waals surface area contributed by atoms with Crippen LogP contribution in [0.4, 0.5) is 4.39 Å². The number of thioether (sulfide) groups is 1. The van der Waals surface area contributed by atoms with Crippen molar-refractivity contribution in [3.63, 3.8) is 0 Å². The molecule has 0 aromatic heterocycles. The van der Waals surface area contributed by atoms with Crippen molar-refractivity contribution in [3.05, 3.63) is 71.7 Å². The standard InChI is InChI=1S/C15H27NO2.C12H23NOS.C7H7F.C2H2.CH3IO/c1-5-6-7-13(4)8-9-14(16-11-17)10-15(18)12(2)3;1-9(2)11(14)7-8-13-10(3)12(4,5)15-6;1-6-4-2-3-5-7(6)8;1-2;1-3-2/h5-7,12,14,16-17H,8-11H2,1-4H3;9,13H,3,7-8H2,1-2,4-6H3;2-5H,1H3;1-2H;1H3/b6-5-,13-7+;;;;. The number of nitrogens with one attached hydrogen (secondary N) is 2. The molecule has 6 nitrogen and oxygen atoms in total. The number of allylic oxidation sites excluding steroid dienone is 4. The maximum Gasteiger partial charge on any atom is 0.137 e. The van der Waals surface area contributed by atoms with Crippen molar-refractivity contribution in [3.8, 4) is 12.8 Å². The molecule has 0 heterocycles. The van der Waals surface area contributed by atoms with Gasteiger partial charge >= 0.3 is 0 Å². The molecule has 0 aliphatic heterocycles. The van der Waals surface area contributed by atoms with Crippen LogP contribution in [0.25, 0.3) is 0 Å². The van der Waals surface area contributed by atoms with Crippen molar-refractivity contribution in [2.75, 3.05) is 26.6 Å². The summed E-state index contributed by atoms with van der Waals surface area (Å²) in [6.45, 7) is 22.4. The zero-order chi connectivity index (χ0) is 36.7. The first-order valence-corrected chi connectivity index (χ1v) is 17.5. The summed E-state index contributed by atoms with van der Waals surface area (Å²) in [5.41, 5.74) is 2.98.